The van der Waals surface area contributed by atoms with Crippen molar-refractivity contribution in [3.05, 3.63) is 18.3 Å². The van der Waals surface area contributed by atoms with Gasteiger partial charge in [-0.1, -0.05) is 6.92 Å². The van der Waals surface area contributed by atoms with Gasteiger partial charge in [-0.3, -0.25) is 4.79 Å². The summed E-state index contributed by atoms with van der Waals surface area (Å²) in [5.74, 6) is 0.470. The van der Waals surface area contributed by atoms with E-state index in [2.05, 4.69) is 17.2 Å². The Morgan fingerprint density at radius 3 is 3.00 bits per heavy atom. The third-order valence-electron chi connectivity index (χ3n) is 2.13. The summed E-state index contributed by atoms with van der Waals surface area (Å²) in [6.45, 7) is 3.18. The standard InChI is InChI=1S/C11H18N4O/c1-3-5-13-11-7-9(4-6-14-11)15(2)8-10(12)16/h4,6-7H,3,5,8H2,1-2H3,(H2,12,16)(H,13,14). The van der Waals surface area contributed by atoms with Gasteiger partial charge in [0.25, 0.3) is 0 Å². The highest BCUT2D eigenvalue weighted by atomic mass is 16.1. The molecule has 5 heteroatoms. The third kappa shape index (κ3) is 3.76. The minimum absolute atomic E-state index is 0.206. The van der Waals surface area contributed by atoms with Crippen LogP contribution in [-0.2, 0) is 4.79 Å². The summed E-state index contributed by atoms with van der Waals surface area (Å²) < 4.78 is 0. The molecule has 1 rings (SSSR count). The lowest BCUT2D eigenvalue weighted by Crippen LogP contribution is -2.30. The summed E-state index contributed by atoms with van der Waals surface area (Å²) in [5, 5.41) is 3.19. The van der Waals surface area contributed by atoms with Crippen LogP contribution < -0.4 is 16.0 Å². The average molecular weight is 222 g/mol. The van der Waals surface area contributed by atoms with E-state index in [-0.39, 0.29) is 12.5 Å². The zero-order valence-corrected chi connectivity index (χ0v) is 9.73. The van der Waals surface area contributed by atoms with Crippen LogP contribution in [0.2, 0.25) is 0 Å². The van der Waals surface area contributed by atoms with E-state index in [9.17, 15) is 4.79 Å². The molecular formula is C11H18N4O. The quantitative estimate of drug-likeness (QED) is 0.747. The van der Waals surface area contributed by atoms with Gasteiger partial charge in [0.15, 0.2) is 0 Å². The highest BCUT2D eigenvalue weighted by Crippen LogP contribution is 2.15. The maximum atomic E-state index is 10.8. The van der Waals surface area contributed by atoms with Gasteiger partial charge >= 0.3 is 0 Å². The largest absolute Gasteiger partial charge is 0.370 e. The zero-order valence-electron chi connectivity index (χ0n) is 9.73. The molecule has 0 spiro atoms. The van der Waals surface area contributed by atoms with Gasteiger partial charge in [-0.2, -0.15) is 0 Å². The Morgan fingerprint density at radius 1 is 1.62 bits per heavy atom. The Morgan fingerprint density at radius 2 is 2.38 bits per heavy atom. The van der Waals surface area contributed by atoms with Crippen LogP contribution in [0.25, 0.3) is 0 Å². The van der Waals surface area contributed by atoms with Crippen LogP contribution in [0.5, 0.6) is 0 Å². The number of nitrogens with one attached hydrogen (secondary N) is 1. The topological polar surface area (TPSA) is 71.2 Å². The number of nitrogens with zero attached hydrogens (tertiary/aromatic N) is 2. The van der Waals surface area contributed by atoms with Gasteiger partial charge in [-0.05, 0) is 12.5 Å². The SMILES string of the molecule is CCCNc1cc(N(C)CC(N)=O)ccn1. The molecule has 0 unspecified atom stereocenters. The van der Waals surface area contributed by atoms with Crippen LogP contribution in [0.1, 0.15) is 13.3 Å². The van der Waals surface area contributed by atoms with Crippen LogP contribution >= 0.6 is 0 Å². The molecule has 16 heavy (non-hydrogen) atoms. The van der Waals surface area contributed by atoms with Crippen molar-refractivity contribution in [2.45, 2.75) is 13.3 Å². The minimum Gasteiger partial charge on any atom is -0.370 e. The minimum atomic E-state index is -0.345. The summed E-state index contributed by atoms with van der Waals surface area (Å²) in [7, 11) is 1.82. The molecule has 0 saturated heterocycles. The summed E-state index contributed by atoms with van der Waals surface area (Å²) in [6.07, 6.45) is 2.76. The number of amides is 1. The molecule has 0 aliphatic carbocycles. The second-order valence-electron chi connectivity index (χ2n) is 3.65. The number of carbonyl (C=O) groups is 1. The van der Waals surface area contributed by atoms with Crippen molar-refractivity contribution in [2.24, 2.45) is 5.73 Å². The zero-order chi connectivity index (χ0) is 12.0. The monoisotopic (exact) mass is 222 g/mol. The number of hydrogen-bond donors (Lipinski definition) is 2. The Balaban J connectivity index is 2.69. The second-order valence-corrected chi connectivity index (χ2v) is 3.65. The Bertz CT molecular complexity index is 354. The predicted molar refractivity (Wildman–Crippen MR) is 65.5 cm³/mol. The van der Waals surface area contributed by atoms with E-state index in [1.807, 2.05) is 19.2 Å². The van der Waals surface area contributed by atoms with E-state index in [0.29, 0.717) is 0 Å². The average Bonchev–Trinajstić information content (AvgIpc) is 2.26. The molecular weight excluding hydrogens is 204 g/mol. The van der Waals surface area contributed by atoms with E-state index < -0.39 is 0 Å². The molecule has 0 fully saturated rings. The number of carbonyl (C=O) groups excluding carboxylic acids is 1. The van der Waals surface area contributed by atoms with E-state index in [1.54, 1.807) is 11.1 Å². The highest BCUT2D eigenvalue weighted by molar-refractivity contribution is 5.79. The number of hydrogen-bond acceptors (Lipinski definition) is 4. The fourth-order valence-electron chi connectivity index (χ4n) is 1.33. The van der Waals surface area contributed by atoms with Crippen molar-refractivity contribution in [3.8, 4) is 0 Å². The van der Waals surface area contributed by atoms with Crippen molar-refractivity contribution in [2.75, 3.05) is 30.4 Å². The summed E-state index contributed by atoms with van der Waals surface area (Å²) >= 11 is 0. The lowest BCUT2D eigenvalue weighted by Gasteiger charge is -2.17. The second kappa shape index (κ2) is 5.95. The normalized spacial score (nSPS) is 9.88. The maximum Gasteiger partial charge on any atom is 0.236 e. The molecule has 0 radical (unpaired) electrons. The van der Waals surface area contributed by atoms with Crippen LogP contribution in [-0.4, -0.2) is 31.0 Å². The van der Waals surface area contributed by atoms with Gasteiger partial charge in [0.2, 0.25) is 5.91 Å². The first kappa shape index (κ1) is 12.3. The predicted octanol–water partition coefficient (Wildman–Crippen LogP) is 0.825. The molecule has 3 N–H and O–H groups in total. The Labute approximate surface area is 95.7 Å². The smallest absolute Gasteiger partial charge is 0.236 e. The van der Waals surface area contributed by atoms with Crippen molar-refractivity contribution < 1.29 is 4.79 Å². The molecule has 0 saturated carbocycles. The van der Waals surface area contributed by atoms with Crippen molar-refractivity contribution >= 4 is 17.4 Å². The fraction of sp³-hybridized carbons (Fsp3) is 0.455. The summed E-state index contributed by atoms with van der Waals surface area (Å²) in [6, 6.07) is 3.75. The Hall–Kier alpha value is -1.78. The highest BCUT2D eigenvalue weighted by Gasteiger charge is 2.04. The number of pyridine rings is 1. The van der Waals surface area contributed by atoms with Crippen LogP contribution in [0.4, 0.5) is 11.5 Å². The first-order valence-electron chi connectivity index (χ1n) is 5.33. The molecule has 1 heterocycles. The number of rotatable bonds is 6. The number of anilines is 2. The molecule has 1 aromatic heterocycles. The van der Waals surface area contributed by atoms with Gasteiger partial charge in [-0.15, -0.1) is 0 Å². The fourth-order valence-corrected chi connectivity index (χ4v) is 1.33. The molecule has 0 bridgehead atoms. The van der Waals surface area contributed by atoms with Crippen molar-refractivity contribution in [1.82, 2.24) is 4.98 Å². The molecule has 1 amide bonds. The van der Waals surface area contributed by atoms with Crippen LogP contribution in [0.15, 0.2) is 18.3 Å². The summed E-state index contributed by atoms with van der Waals surface area (Å²) in [4.78, 5) is 16.8. The molecule has 5 nitrogen and oxygen atoms in total. The number of aromatic nitrogens is 1. The van der Waals surface area contributed by atoms with Crippen molar-refractivity contribution in [3.63, 3.8) is 0 Å². The van der Waals surface area contributed by atoms with Crippen molar-refractivity contribution in [1.29, 1.82) is 0 Å². The lowest BCUT2D eigenvalue weighted by atomic mass is 10.3. The van der Waals surface area contributed by atoms with Gasteiger partial charge < -0.3 is 16.0 Å². The number of primary amides is 1. The van der Waals surface area contributed by atoms with E-state index in [1.165, 1.54) is 0 Å². The molecule has 0 aromatic carbocycles. The first-order chi connectivity index (χ1) is 7.63. The van der Waals surface area contributed by atoms with Gasteiger partial charge in [0, 0.05) is 31.5 Å². The van der Waals surface area contributed by atoms with Crippen LogP contribution in [0, 0.1) is 0 Å². The van der Waals surface area contributed by atoms with E-state index >= 15 is 0 Å². The van der Waals surface area contributed by atoms with E-state index in [4.69, 9.17) is 5.73 Å². The Kier molecular flexibility index (Phi) is 4.57. The third-order valence-corrected chi connectivity index (χ3v) is 2.13. The lowest BCUT2D eigenvalue weighted by molar-refractivity contribution is -0.116. The first-order valence-corrected chi connectivity index (χ1v) is 5.33. The number of nitrogens with two attached hydrogens (primary N) is 1. The van der Waals surface area contributed by atoms with Gasteiger partial charge in [0.1, 0.15) is 5.82 Å². The molecule has 0 aliphatic heterocycles. The van der Waals surface area contributed by atoms with Gasteiger partial charge in [0.05, 0.1) is 6.54 Å². The molecule has 0 atom stereocenters. The van der Waals surface area contributed by atoms with Crippen LogP contribution in [0.3, 0.4) is 0 Å². The summed E-state index contributed by atoms with van der Waals surface area (Å²) in [5.41, 5.74) is 6.06. The molecule has 1 aromatic rings. The molecule has 0 aliphatic rings. The number of likely N-dealkylation sites (N-methyl/N-ethyl adjacent to an activating group) is 1. The maximum absolute atomic E-state index is 10.8. The van der Waals surface area contributed by atoms with Gasteiger partial charge in [-0.25, -0.2) is 4.98 Å². The molecule has 88 valence electrons. The van der Waals surface area contributed by atoms with E-state index in [0.717, 1.165) is 24.5 Å².